The molecule has 19 heavy (non-hydrogen) atoms. The lowest BCUT2D eigenvalue weighted by Gasteiger charge is -2.13. The molecule has 0 amide bonds. The third kappa shape index (κ3) is 3.23. The summed E-state index contributed by atoms with van der Waals surface area (Å²) in [5.74, 6) is -0.0595. The largest absolute Gasteiger partial charge is 0.323 e. The summed E-state index contributed by atoms with van der Waals surface area (Å²) in [7, 11) is -3.29. The van der Waals surface area contributed by atoms with Crippen LogP contribution >= 0.6 is 11.3 Å². The van der Waals surface area contributed by atoms with Crippen LogP contribution in [0, 0.1) is 13.8 Å². The lowest BCUT2D eigenvalue weighted by molar-refractivity contribution is 0.591. The third-order valence-corrected chi connectivity index (χ3v) is 6.42. The van der Waals surface area contributed by atoms with Gasteiger partial charge in [0, 0.05) is 6.04 Å². The van der Waals surface area contributed by atoms with Gasteiger partial charge in [-0.1, -0.05) is 24.3 Å². The van der Waals surface area contributed by atoms with E-state index in [2.05, 4.69) is 0 Å². The van der Waals surface area contributed by atoms with E-state index >= 15 is 0 Å². The van der Waals surface area contributed by atoms with Crippen molar-refractivity contribution in [1.29, 1.82) is 0 Å². The van der Waals surface area contributed by atoms with Crippen LogP contribution in [0.25, 0.3) is 0 Å². The molecule has 1 heterocycles. The number of nitrogens with two attached hydrogens (primary N) is 1. The first-order chi connectivity index (χ1) is 8.90. The van der Waals surface area contributed by atoms with E-state index in [9.17, 15) is 8.42 Å². The summed E-state index contributed by atoms with van der Waals surface area (Å²) in [5.41, 5.74) is 9.20. The average molecular weight is 295 g/mol. The van der Waals surface area contributed by atoms with Crippen molar-refractivity contribution in [3.63, 3.8) is 0 Å². The molecule has 0 aliphatic heterocycles. The molecule has 0 spiro atoms. The van der Waals surface area contributed by atoms with E-state index in [4.69, 9.17) is 5.73 Å². The first kappa shape index (κ1) is 14.2. The van der Waals surface area contributed by atoms with E-state index in [1.54, 1.807) is 17.5 Å². The molecule has 1 aromatic heterocycles. The fraction of sp³-hybridized carbons (Fsp3) is 0.286. The smallest absolute Gasteiger partial charge is 0.189 e. The molecule has 0 saturated carbocycles. The lowest BCUT2D eigenvalue weighted by Crippen LogP contribution is -2.21. The van der Waals surface area contributed by atoms with Gasteiger partial charge in [0.05, 0.1) is 5.75 Å². The highest BCUT2D eigenvalue weighted by Crippen LogP contribution is 2.23. The van der Waals surface area contributed by atoms with Gasteiger partial charge in [-0.25, -0.2) is 8.42 Å². The van der Waals surface area contributed by atoms with Crippen LogP contribution in [0.15, 0.2) is 39.9 Å². The highest BCUT2D eigenvalue weighted by atomic mass is 32.2. The normalized spacial score (nSPS) is 13.4. The number of hydrogen-bond acceptors (Lipinski definition) is 4. The maximum absolute atomic E-state index is 12.2. The van der Waals surface area contributed by atoms with Gasteiger partial charge in [0.1, 0.15) is 4.21 Å². The predicted molar refractivity (Wildman–Crippen MR) is 79.2 cm³/mol. The van der Waals surface area contributed by atoms with Crippen LogP contribution in [-0.2, 0) is 9.84 Å². The molecule has 0 aliphatic rings. The Morgan fingerprint density at radius 3 is 2.53 bits per heavy atom. The Kier molecular flexibility index (Phi) is 4.08. The lowest BCUT2D eigenvalue weighted by atomic mass is 10.0. The maximum atomic E-state index is 12.2. The number of sulfone groups is 1. The van der Waals surface area contributed by atoms with E-state index < -0.39 is 15.9 Å². The van der Waals surface area contributed by atoms with E-state index in [0.29, 0.717) is 4.21 Å². The summed E-state index contributed by atoms with van der Waals surface area (Å²) >= 11 is 1.23. The Morgan fingerprint density at radius 2 is 1.95 bits per heavy atom. The van der Waals surface area contributed by atoms with Gasteiger partial charge in [0.25, 0.3) is 0 Å². The fourth-order valence-corrected chi connectivity index (χ4v) is 4.37. The molecule has 1 aromatic carbocycles. The van der Waals surface area contributed by atoms with Crippen molar-refractivity contribution in [2.24, 2.45) is 5.73 Å². The Morgan fingerprint density at radius 1 is 1.21 bits per heavy atom. The first-order valence-corrected chi connectivity index (χ1v) is 8.52. The zero-order chi connectivity index (χ0) is 14.0. The van der Waals surface area contributed by atoms with Crippen LogP contribution in [0.1, 0.15) is 22.7 Å². The summed E-state index contributed by atoms with van der Waals surface area (Å²) in [6.07, 6.45) is 0. The van der Waals surface area contributed by atoms with Gasteiger partial charge >= 0.3 is 0 Å². The first-order valence-electron chi connectivity index (χ1n) is 5.99. The van der Waals surface area contributed by atoms with Crippen molar-refractivity contribution in [2.45, 2.75) is 24.1 Å². The quantitative estimate of drug-likeness (QED) is 0.943. The minimum absolute atomic E-state index is 0.0595. The highest BCUT2D eigenvalue weighted by Gasteiger charge is 2.21. The van der Waals surface area contributed by atoms with E-state index in [1.165, 1.54) is 16.9 Å². The Hall–Kier alpha value is -1.17. The standard InChI is InChI=1S/C14H17NO2S2/c1-10-5-6-12(8-11(10)2)13(15)9-19(16,17)14-4-3-7-18-14/h3-8,13H,9,15H2,1-2H3. The Balaban J connectivity index is 2.21. The fourth-order valence-electron chi connectivity index (χ4n) is 1.85. The van der Waals surface area contributed by atoms with Crippen LogP contribution in [0.5, 0.6) is 0 Å². The van der Waals surface area contributed by atoms with Crippen LogP contribution < -0.4 is 5.73 Å². The van der Waals surface area contributed by atoms with Gasteiger partial charge in [0.15, 0.2) is 9.84 Å². The van der Waals surface area contributed by atoms with Gasteiger partial charge in [-0.3, -0.25) is 0 Å². The van der Waals surface area contributed by atoms with Crippen molar-refractivity contribution in [1.82, 2.24) is 0 Å². The second-order valence-electron chi connectivity index (χ2n) is 4.66. The molecule has 2 aromatic rings. The minimum Gasteiger partial charge on any atom is -0.323 e. The van der Waals surface area contributed by atoms with Crippen molar-refractivity contribution in [2.75, 3.05) is 5.75 Å². The van der Waals surface area contributed by atoms with Crippen LogP contribution in [-0.4, -0.2) is 14.2 Å². The molecule has 0 aliphatic carbocycles. The second kappa shape index (κ2) is 5.45. The summed E-state index contributed by atoms with van der Waals surface area (Å²) in [6.45, 7) is 4.02. The molecule has 102 valence electrons. The average Bonchev–Trinajstić information content (AvgIpc) is 2.86. The molecular weight excluding hydrogens is 278 g/mol. The summed E-state index contributed by atoms with van der Waals surface area (Å²) in [5, 5.41) is 1.76. The van der Waals surface area contributed by atoms with E-state index in [0.717, 1.165) is 11.1 Å². The zero-order valence-corrected chi connectivity index (χ0v) is 12.6. The molecule has 1 unspecified atom stereocenters. The number of hydrogen-bond donors (Lipinski definition) is 1. The van der Waals surface area contributed by atoms with Crippen molar-refractivity contribution in [3.05, 3.63) is 52.4 Å². The van der Waals surface area contributed by atoms with Crippen LogP contribution in [0.4, 0.5) is 0 Å². The Bertz CT molecular complexity index is 661. The van der Waals surface area contributed by atoms with Crippen LogP contribution in [0.3, 0.4) is 0 Å². The summed E-state index contributed by atoms with van der Waals surface area (Å²) in [6, 6.07) is 8.70. The Labute approximate surface area is 118 Å². The van der Waals surface area contributed by atoms with Crippen LogP contribution in [0.2, 0.25) is 0 Å². The molecular formula is C14H17NO2S2. The van der Waals surface area contributed by atoms with Gasteiger partial charge in [0.2, 0.25) is 0 Å². The van der Waals surface area contributed by atoms with Crippen molar-refractivity contribution >= 4 is 21.2 Å². The monoisotopic (exact) mass is 295 g/mol. The zero-order valence-electron chi connectivity index (χ0n) is 11.0. The second-order valence-corrected chi connectivity index (χ2v) is 7.87. The molecule has 0 fully saturated rings. The van der Waals surface area contributed by atoms with Crippen molar-refractivity contribution < 1.29 is 8.42 Å². The van der Waals surface area contributed by atoms with Gasteiger partial charge < -0.3 is 5.73 Å². The third-order valence-electron chi connectivity index (χ3n) is 3.16. The maximum Gasteiger partial charge on any atom is 0.189 e. The molecule has 1 atom stereocenters. The van der Waals surface area contributed by atoms with E-state index in [1.807, 2.05) is 32.0 Å². The highest BCUT2D eigenvalue weighted by molar-refractivity contribution is 7.93. The number of benzene rings is 1. The number of thiophene rings is 1. The molecule has 3 nitrogen and oxygen atoms in total. The van der Waals surface area contributed by atoms with Gasteiger partial charge in [-0.2, -0.15) is 0 Å². The SMILES string of the molecule is Cc1ccc(C(N)CS(=O)(=O)c2cccs2)cc1C. The minimum atomic E-state index is -3.29. The van der Waals surface area contributed by atoms with Gasteiger partial charge in [-0.05, 0) is 42.0 Å². The van der Waals surface area contributed by atoms with Gasteiger partial charge in [-0.15, -0.1) is 11.3 Å². The number of aryl methyl sites for hydroxylation is 2. The van der Waals surface area contributed by atoms with E-state index in [-0.39, 0.29) is 5.75 Å². The summed E-state index contributed by atoms with van der Waals surface area (Å²) in [4.78, 5) is 0. The predicted octanol–water partition coefficient (Wildman–Crippen LogP) is 2.84. The topological polar surface area (TPSA) is 60.2 Å². The number of rotatable bonds is 4. The molecule has 2 N–H and O–H groups in total. The molecule has 0 bridgehead atoms. The molecule has 5 heteroatoms. The molecule has 2 rings (SSSR count). The molecule has 0 saturated heterocycles. The summed E-state index contributed by atoms with van der Waals surface area (Å²) < 4.78 is 24.7. The molecule has 0 radical (unpaired) electrons. The van der Waals surface area contributed by atoms with Crippen molar-refractivity contribution in [3.8, 4) is 0 Å².